The first-order chi connectivity index (χ1) is 13.7. The van der Waals surface area contributed by atoms with E-state index in [1.165, 1.54) is 10.9 Å². The normalized spacial score (nSPS) is 10.6. The molecule has 0 saturated carbocycles. The molecular formula is C21H14ClN5O. The summed E-state index contributed by atoms with van der Waals surface area (Å²) in [5.41, 5.74) is 2.31. The molecule has 0 amide bonds. The number of nitriles is 1. The van der Waals surface area contributed by atoms with E-state index in [2.05, 4.69) is 21.8 Å². The lowest BCUT2D eigenvalue weighted by atomic mass is 10.1. The SMILES string of the molecule is CC#CCn1c(Cl)c(C#N)c2ncn(Cc3ccnc4ccccc34)c(=O)c21. The molecule has 0 bridgehead atoms. The molecule has 0 atom stereocenters. The van der Waals surface area contributed by atoms with E-state index < -0.39 is 0 Å². The lowest BCUT2D eigenvalue weighted by Crippen LogP contribution is -2.23. The molecule has 0 radical (unpaired) electrons. The Kier molecular flexibility index (Phi) is 4.57. The third-order valence-corrected chi connectivity index (χ3v) is 4.96. The van der Waals surface area contributed by atoms with Gasteiger partial charge in [0.25, 0.3) is 5.56 Å². The maximum atomic E-state index is 13.2. The van der Waals surface area contributed by atoms with Crippen molar-refractivity contribution in [2.75, 3.05) is 0 Å². The van der Waals surface area contributed by atoms with Gasteiger partial charge in [-0.3, -0.25) is 14.3 Å². The summed E-state index contributed by atoms with van der Waals surface area (Å²) in [6.07, 6.45) is 3.17. The van der Waals surface area contributed by atoms with Crippen LogP contribution in [0.4, 0.5) is 0 Å². The fourth-order valence-corrected chi connectivity index (χ4v) is 3.51. The number of pyridine rings is 1. The predicted octanol–water partition coefficient (Wildman–Crippen LogP) is 3.34. The van der Waals surface area contributed by atoms with Gasteiger partial charge in [-0.2, -0.15) is 5.26 Å². The number of halogens is 1. The van der Waals surface area contributed by atoms with Crippen LogP contribution in [-0.2, 0) is 13.1 Å². The van der Waals surface area contributed by atoms with E-state index >= 15 is 0 Å². The molecule has 0 N–H and O–H groups in total. The third-order valence-electron chi connectivity index (χ3n) is 4.57. The monoisotopic (exact) mass is 387 g/mol. The van der Waals surface area contributed by atoms with E-state index in [1.807, 2.05) is 36.4 Å². The van der Waals surface area contributed by atoms with Crippen LogP contribution in [0.25, 0.3) is 21.9 Å². The molecule has 0 aliphatic heterocycles. The highest BCUT2D eigenvalue weighted by Crippen LogP contribution is 2.26. The van der Waals surface area contributed by atoms with Crippen LogP contribution >= 0.6 is 11.6 Å². The third kappa shape index (κ3) is 2.81. The van der Waals surface area contributed by atoms with Crippen molar-refractivity contribution in [3.8, 4) is 17.9 Å². The Morgan fingerprint density at radius 3 is 2.82 bits per heavy atom. The average Bonchev–Trinajstić information content (AvgIpc) is 3.00. The van der Waals surface area contributed by atoms with Crippen molar-refractivity contribution in [1.29, 1.82) is 5.26 Å². The van der Waals surface area contributed by atoms with Crippen molar-refractivity contribution >= 4 is 33.5 Å². The molecule has 6 nitrogen and oxygen atoms in total. The van der Waals surface area contributed by atoms with Crippen molar-refractivity contribution in [3.05, 3.63) is 69.5 Å². The lowest BCUT2D eigenvalue weighted by Gasteiger charge is -2.09. The zero-order valence-corrected chi connectivity index (χ0v) is 15.7. The zero-order valence-electron chi connectivity index (χ0n) is 15.0. The number of fused-ring (bicyclic) bond motifs is 2. The van der Waals surface area contributed by atoms with Gasteiger partial charge in [-0.05, 0) is 24.6 Å². The first kappa shape index (κ1) is 17.8. The second kappa shape index (κ2) is 7.19. The molecule has 3 aromatic heterocycles. The number of hydrogen-bond donors (Lipinski definition) is 0. The van der Waals surface area contributed by atoms with Crippen LogP contribution in [-0.4, -0.2) is 19.1 Å². The molecule has 7 heteroatoms. The highest BCUT2D eigenvalue weighted by Gasteiger charge is 2.20. The van der Waals surface area contributed by atoms with Crippen LogP contribution in [0.2, 0.25) is 5.15 Å². The summed E-state index contributed by atoms with van der Waals surface area (Å²) >= 11 is 6.33. The molecule has 28 heavy (non-hydrogen) atoms. The van der Waals surface area contributed by atoms with Crippen molar-refractivity contribution < 1.29 is 0 Å². The first-order valence-corrected chi connectivity index (χ1v) is 8.93. The first-order valence-electron chi connectivity index (χ1n) is 8.55. The average molecular weight is 388 g/mol. The maximum absolute atomic E-state index is 13.2. The Labute approximate surface area is 165 Å². The fraction of sp³-hybridized carbons (Fsp3) is 0.143. The molecule has 1 aromatic carbocycles. The van der Waals surface area contributed by atoms with Crippen molar-refractivity contribution in [2.45, 2.75) is 20.0 Å². The van der Waals surface area contributed by atoms with Crippen molar-refractivity contribution in [3.63, 3.8) is 0 Å². The summed E-state index contributed by atoms with van der Waals surface area (Å²) < 4.78 is 3.06. The Morgan fingerprint density at radius 2 is 2.04 bits per heavy atom. The van der Waals surface area contributed by atoms with Crippen LogP contribution in [0, 0.1) is 23.2 Å². The molecule has 3 heterocycles. The molecule has 4 aromatic rings. The van der Waals surface area contributed by atoms with Gasteiger partial charge in [0.2, 0.25) is 0 Å². The molecular weight excluding hydrogens is 374 g/mol. The Bertz CT molecular complexity index is 1380. The van der Waals surface area contributed by atoms with Gasteiger partial charge in [-0.15, -0.1) is 5.92 Å². The molecule has 4 rings (SSSR count). The van der Waals surface area contributed by atoms with Gasteiger partial charge >= 0.3 is 0 Å². The summed E-state index contributed by atoms with van der Waals surface area (Å²) in [7, 11) is 0. The van der Waals surface area contributed by atoms with E-state index in [9.17, 15) is 10.1 Å². The Balaban J connectivity index is 1.91. The number of nitrogens with zero attached hydrogens (tertiary/aromatic N) is 5. The summed E-state index contributed by atoms with van der Waals surface area (Å²) in [4.78, 5) is 21.9. The topological polar surface area (TPSA) is 76.5 Å². The summed E-state index contributed by atoms with van der Waals surface area (Å²) in [6, 6.07) is 11.7. The number of aromatic nitrogens is 4. The van der Waals surface area contributed by atoms with Gasteiger partial charge in [0.05, 0.1) is 24.9 Å². The summed E-state index contributed by atoms with van der Waals surface area (Å²) in [5.74, 6) is 5.67. The van der Waals surface area contributed by atoms with Gasteiger partial charge in [0, 0.05) is 11.6 Å². The van der Waals surface area contributed by atoms with Crippen LogP contribution in [0.15, 0.2) is 47.7 Å². The molecule has 136 valence electrons. The molecule has 0 unspecified atom stereocenters. The molecule has 0 saturated heterocycles. The van der Waals surface area contributed by atoms with Crippen LogP contribution in [0.1, 0.15) is 18.1 Å². The van der Waals surface area contributed by atoms with Crippen LogP contribution < -0.4 is 5.56 Å². The number of rotatable bonds is 3. The Hall–Kier alpha value is -3.61. The van der Waals surface area contributed by atoms with Crippen LogP contribution in [0.5, 0.6) is 0 Å². The largest absolute Gasteiger partial charge is 0.313 e. The lowest BCUT2D eigenvalue weighted by molar-refractivity contribution is 0.741. The van der Waals surface area contributed by atoms with E-state index in [-0.39, 0.29) is 28.3 Å². The number of benzene rings is 1. The van der Waals surface area contributed by atoms with Gasteiger partial charge in [0.15, 0.2) is 0 Å². The van der Waals surface area contributed by atoms with Crippen molar-refractivity contribution in [2.24, 2.45) is 0 Å². The van der Waals surface area contributed by atoms with E-state index in [1.54, 1.807) is 17.7 Å². The summed E-state index contributed by atoms with van der Waals surface area (Å²) in [6.45, 7) is 2.25. The van der Waals surface area contributed by atoms with E-state index in [0.29, 0.717) is 12.1 Å². The minimum absolute atomic E-state index is 0.178. The summed E-state index contributed by atoms with van der Waals surface area (Å²) in [5, 5.41) is 10.6. The Morgan fingerprint density at radius 1 is 1.21 bits per heavy atom. The smallest absolute Gasteiger partial charge is 0.278 e. The molecule has 0 fully saturated rings. The van der Waals surface area contributed by atoms with Gasteiger partial charge in [0.1, 0.15) is 27.8 Å². The van der Waals surface area contributed by atoms with Gasteiger partial charge < -0.3 is 4.57 Å². The standard InChI is InChI=1S/C21H14ClN5O/c1-2-3-10-27-19-18(16(11-23)20(27)22)25-13-26(21(19)28)12-14-8-9-24-17-7-5-4-6-15(14)17/h4-9,13H,10,12H2,1H3. The minimum Gasteiger partial charge on any atom is -0.313 e. The maximum Gasteiger partial charge on any atom is 0.278 e. The quantitative estimate of drug-likeness (QED) is 0.505. The zero-order chi connectivity index (χ0) is 19.7. The molecule has 0 aliphatic rings. The highest BCUT2D eigenvalue weighted by atomic mass is 35.5. The van der Waals surface area contributed by atoms with Crippen molar-refractivity contribution in [1.82, 2.24) is 19.1 Å². The number of para-hydroxylation sites is 1. The van der Waals surface area contributed by atoms with Gasteiger partial charge in [-0.1, -0.05) is 35.7 Å². The number of hydrogen-bond acceptors (Lipinski definition) is 4. The minimum atomic E-state index is -0.271. The van der Waals surface area contributed by atoms with E-state index in [0.717, 1.165) is 16.5 Å². The van der Waals surface area contributed by atoms with E-state index in [4.69, 9.17) is 11.6 Å². The second-order valence-corrected chi connectivity index (χ2v) is 6.51. The predicted molar refractivity (Wildman–Crippen MR) is 108 cm³/mol. The molecule has 0 spiro atoms. The van der Waals surface area contributed by atoms with Crippen LogP contribution in [0.3, 0.4) is 0 Å². The van der Waals surface area contributed by atoms with Gasteiger partial charge in [-0.25, -0.2) is 4.98 Å². The highest BCUT2D eigenvalue weighted by molar-refractivity contribution is 6.32. The fourth-order valence-electron chi connectivity index (χ4n) is 3.23. The second-order valence-electron chi connectivity index (χ2n) is 6.15. The molecule has 0 aliphatic carbocycles.